The van der Waals surface area contributed by atoms with E-state index in [0.29, 0.717) is 12.1 Å². The summed E-state index contributed by atoms with van der Waals surface area (Å²) in [7, 11) is 0. The number of aromatic nitrogens is 2. The average Bonchev–Trinajstić information content (AvgIpc) is 3.07. The standard InChI is InChI=1S/C15H16F2N4O2/c1-15(14(18)22)5-13(10-2-11(16)4-12(17)3-10)21(23-15)8-9-6-19-20-7-9/h2-4,6-7,13H,5,8H2,1H3,(H2,18,22)(H,19,20). The number of amides is 1. The van der Waals surface area contributed by atoms with Crippen LogP contribution in [0.25, 0.3) is 0 Å². The normalized spacial score (nSPS) is 24.9. The van der Waals surface area contributed by atoms with Crippen LogP contribution in [0.1, 0.15) is 30.5 Å². The number of rotatable bonds is 4. The predicted molar refractivity (Wildman–Crippen MR) is 76.5 cm³/mol. The molecule has 122 valence electrons. The van der Waals surface area contributed by atoms with E-state index in [1.54, 1.807) is 19.3 Å². The summed E-state index contributed by atoms with van der Waals surface area (Å²) in [5.41, 5.74) is 5.36. The first-order valence-electron chi connectivity index (χ1n) is 7.07. The summed E-state index contributed by atoms with van der Waals surface area (Å²) in [5, 5.41) is 8.02. The van der Waals surface area contributed by atoms with Crippen molar-refractivity contribution in [2.75, 3.05) is 0 Å². The molecule has 1 fully saturated rings. The van der Waals surface area contributed by atoms with Crippen LogP contribution in [-0.2, 0) is 16.2 Å². The summed E-state index contributed by atoms with van der Waals surface area (Å²) in [6.45, 7) is 1.86. The molecule has 1 amide bonds. The lowest BCUT2D eigenvalue weighted by Gasteiger charge is -2.23. The van der Waals surface area contributed by atoms with Crippen LogP contribution in [0, 0.1) is 11.6 Å². The molecule has 2 aromatic rings. The molecule has 1 aromatic carbocycles. The summed E-state index contributed by atoms with van der Waals surface area (Å²) in [6.07, 6.45) is 3.47. The van der Waals surface area contributed by atoms with Gasteiger partial charge in [0.2, 0.25) is 0 Å². The van der Waals surface area contributed by atoms with Crippen LogP contribution in [0.5, 0.6) is 0 Å². The van der Waals surface area contributed by atoms with Crippen LogP contribution < -0.4 is 5.73 Å². The smallest absolute Gasteiger partial charge is 0.251 e. The molecule has 2 unspecified atom stereocenters. The number of halogens is 2. The van der Waals surface area contributed by atoms with Gasteiger partial charge in [0.05, 0.1) is 18.8 Å². The van der Waals surface area contributed by atoms with Crippen LogP contribution in [0.15, 0.2) is 30.6 Å². The molecule has 23 heavy (non-hydrogen) atoms. The topological polar surface area (TPSA) is 84.2 Å². The van der Waals surface area contributed by atoms with Gasteiger partial charge in [-0.25, -0.2) is 8.78 Å². The highest BCUT2D eigenvalue weighted by Crippen LogP contribution is 2.41. The van der Waals surface area contributed by atoms with Crippen LogP contribution in [0.3, 0.4) is 0 Å². The van der Waals surface area contributed by atoms with Gasteiger partial charge in [-0.15, -0.1) is 0 Å². The van der Waals surface area contributed by atoms with Crippen molar-refractivity contribution in [3.05, 3.63) is 53.4 Å². The fourth-order valence-corrected chi connectivity index (χ4v) is 2.71. The van der Waals surface area contributed by atoms with Gasteiger partial charge in [0.1, 0.15) is 11.6 Å². The number of hydroxylamine groups is 2. The highest BCUT2D eigenvalue weighted by Gasteiger charge is 2.47. The van der Waals surface area contributed by atoms with Crippen molar-refractivity contribution < 1.29 is 18.4 Å². The summed E-state index contributed by atoms with van der Waals surface area (Å²) in [4.78, 5) is 17.4. The van der Waals surface area contributed by atoms with Crippen LogP contribution in [0.2, 0.25) is 0 Å². The number of H-pyrrole nitrogens is 1. The molecule has 6 nitrogen and oxygen atoms in total. The van der Waals surface area contributed by atoms with Crippen molar-refractivity contribution in [1.29, 1.82) is 0 Å². The zero-order valence-corrected chi connectivity index (χ0v) is 12.4. The Hall–Kier alpha value is -2.32. The molecule has 0 aliphatic carbocycles. The first kappa shape index (κ1) is 15.6. The van der Waals surface area contributed by atoms with E-state index in [9.17, 15) is 13.6 Å². The molecule has 2 atom stereocenters. The summed E-state index contributed by atoms with van der Waals surface area (Å²) < 4.78 is 27.1. The molecule has 0 radical (unpaired) electrons. The molecule has 0 spiro atoms. The van der Waals surface area contributed by atoms with E-state index in [-0.39, 0.29) is 6.42 Å². The third kappa shape index (κ3) is 3.08. The highest BCUT2D eigenvalue weighted by molar-refractivity contribution is 5.83. The number of nitrogens with two attached hydrogens (primary N) is 1. The number of benzene rings is 1. The van der Waals surface area contributed by atoms with E-state index >= 15 is 0 Å². The van der Waals surface area contributed by atoms with Crippen LogP contribution in [-0.4, -0.2) is 26.8 Å². The number of aromatic amines is 1. The van der Waals surface area contributed by atoms with Crippen molar-refractivity contribution in [1.82, 2.24) is 15.3 Å². The third-order valence-corrected chi connectivity index (χ3v) is 3.93. The average molecular weight is 322 g/mol. The minimum absolute atomic E-state index is 0.197. The Balaban J connectivity index is 1.94. The second kappa shape index (κ2) is 5.71. The molecule has 1 aliphatic heterocycles. The first-order valence-corrected chi connectivity index (χ1v) is 7.07. The number of hydrogen-bond donors (Lipinski definition) is 2. The molecule has 3 N–H and O–H groups in total. The van der Waals surface area contributed by atoms with Crippen molar-refractivity contribution in [2.24, 2.45) is 5.73 Å². The lowest BCUT2D eigenvalue weighted by atomic mass is 9.93. The van der Waals surface area contributed by atoms with Gasteiger partial charge in [-0.05, 0) is 24.6 Å². The number of hydrogen-bond acceptors (Lipinski definition) is 4. The molecule has 3 rings (SSSR count). The van der Waals surface area contributed by atoms with Crippen LogP contribution in [0.4, 0.5) is 8.78 Å². The quantitative estimate of drug-likeness (QED) is 0.899. The minimum Gasteiger partial charge on any atom is -0.367 e. The van der Waals surface area contributed by atoms with E-state index in [4.69, 9.17) is 10.6 Å². The fourth-order valence-electron chi connectivity index (χ4n) is 2.71. The zero-order valence-electron chi connectivity index (χ0n) is 12.4. The zero-order chi connectivity index (χ0) is 16.6. The molecule has 0 bridgehead atoms. The Morgan fingerprint density at radius 2 is 2.17 bits per heavy atom. The van der Waals surface area contributed by atoms with Crippen molar-refractivity contribution in [2.45, 2.75) is 31.5 Å². The maximum atomic E-state index is 13.5. The molecular weight excluding hydrogens is 306 g/mol. The monoisotopic (exact) mass is 322 g/mol. The van der Waals surface area contributed by atoms with Crippen molar-refractivity contribution in [3.8, 4) is 0 Å². The molecule has 0 saturated carbocycles. The van der Waals surface area contributed by atoms with Gasteiger partial charge >= 0.3 is 0 Å². The lowest BCUT2D eigenvalue weighted by molar-refractivity contribution is -0.206. The van der Waals surface area contributed by atoms with E-state index in [1.165, 1.54) is 17.2 Å². The Kier molecular flexibility index (Phi) is 3.87. The van der Waals surface area contributed by atoms with Gasteiger partial charge in [0.25, 0.3) is 5.91 Å². The maximum Gasteiger partial charge on any atom is 0.251 e. The molecule has 1 aliphatic rings. The largest absolute Gasteiger partial charge is 0.367 e. The molecule has 8 heteroatoms. The molecule has 1 aromatic heterocycles. The summed E-state index contributed by atoms with van der Waals surface area (Å²) in [6, 6.07) is 2.75. The maximum absolute atomic E-state index is 13.5. The van der Waals surface area contributed by atoms with Gasteiger partial charge in [0.15, 0.2) is 5.60 Å². The SMILES string of the molecule is CC1(C(N)=O)CC(c2cc(F)cc(F)c2)N(Cc2cn[nH]c2)O1. The summed E-state index contributed by atoms with van der Waals surface area (Å²) in [5.74, 6) is -2.00. The molecule has 1 saturated heterocycles. The van der Waals surface area contributed by atoms with Gasteiger partial charge in [0, 0.05) is 24.2 Å². The van der Waals surface area contributed by atoms with Crippen molar-refractivity contribution >= 4 is 5.91 Å². The molecule has 2 heterocycles. The van der Waals surface area contributed by atoms with Gasteiger partial charge in [-0.3, -0.25) is 14.7 Å². The molecular formula is C15H16F2N4O2. The van der Waals surface area contributed by atoms with E-state index in [0.717, 1.165) is 11.6 Å². The van der Waals surface area contributed by atoms with Gasteiger partial charge in [-0.2, -0.15) is 10.2 Å². The highest BCUT2D eigenvalue weighted by atomic mass is 19.1. The second-order valence-electron chi connectivity index (χ2n) is 5.79. The third-order valence-electron chi connectivity index (χ3n) is 3.93. The Labute approximate surface area is 131 Å². The number of nitrogens with zero attached hydrogens (tertiary/aromatic N) is 2. The Bertz CT molecular complexity index is 702. The van der Waals surface area contributed by atoms with Gasteiger partial charge < -0.3 is 5.73 Å². The van der Waals surface area contributed by atoms with Crippen LogP contribution >= 0.6 is 0 Å². The summed E-state index contributed by atoms with van der Waals surface area (Å²) >= 11 is 0. The van der Waals surface area contributed by atoms with E-state index in [2.05, 4.69) is 10.2 Å². The Morgan fingerprint density at radius 1 is 1.48 bits per heavy atom. The fraction of sp³-hybridized carbons (Fsp3) is 0.333. The second-order valence-corrected chi connectivity index (χ2v) is 5.79. The number of nitrogens with one attached hydrogen (secondary N) is 1. The first-order chi connectivity index (χ1) is 10.9. The minimum atomic E-state index is -1.24. The lowest BCUT2D eigenvalue weighted by Crippen LogP contribution is -2.41. The number of carbonyl (C=O) groups is 1. The number of primary amides is 1. The Morgan fingerprint density at radius 3 is 2.74 bits per heavy atom. The number of carbonyl (C=O) groups excluding carboxylic acids is 1. The van der Waals surface area contributed by atoms with E-state index < -0.39 is 29.2 Å². The van der Waals surface area contributed by atoms with Crippen molar-refractivity contribution in [3.63, 3.8) is 0 Å². The predicted octanol–water partition coefficient (Wildman–Crippen LogP) is 1.81. The van der Waals surface area contributed by atoms with Gasteiger partial charge in [-0.1, -0.05) is 0 Å². The van der Waals surface area contributed by atoms with E-state index in [1.807, 2.05) is 0 Å².